The van der Waals surface area contributed by atoms with E-state index in [1.165, 1.54) is 38.5 Å². The molecule has 1 N–H and O–H groups in total. The molecule has 0 radical (unpaired) electrons. The fourth-order valence-corrected chi connectivity index (χ4v) is 3.99. The summed E-state index contributed by atoms with van der Waals surface area (Å²) in [5.74, 6) is 5.03. The lowest BCUT2D eigenvalue weighted by atomic mass is 9.91. The number of carbonyl (C=O) groups is 1. The van der Waals surface area contributed by atoms with Gasteiger partial charge in [-0.1, -0.05) is 0 Å². The molecule has 2 atom stereocenters. The maximum absolute atomic E-state index is 12.5. The highest BCUT2D eigenvalue weighted by molar-refractivity contribution is 5.78. The molecular formula is C18H26N4O2. The number of rotatable bonds is 7. The summed E-state index contributed by atoms with van der Waals surface area (Å²) >= 11 is 0. The monoisotopic (exact) mass is 330 g/mol. The minimum Gasteiger partial charge on any atom is -0.371 e. The van der Waals surface area contributed by atoms with Crippen LogP contribution in [0.3, 0.4) is 0 Å². The highest BCUT2D eigenvalue weighted by Gasteiger charge is 2.46. The number of hydrogen-bond donors (Lipinski definition) is 1. The van der Waals surface area contributed by atoms with E-state index in [1.807, 2.05) is 4.90 Å². The van der Waals surface area contributed by atoms with Gasteiger partial charge in [-0.3, -0.25) is 9.89 Å². The van der Waals surface area contributed by atoms with Crippen molar-refractivity contribution < 1.29 is 9.53 Å². The van der Waals surface area contributed by atoms with E-state index in [-0.39, 0.29) is 12.5 Å². The minimum atomic E-state index is 0.144. The summed E-state index contributed by atoms with van der Waals surface area (Å²) in [6.07, 6.45) is 7.56. The number of likely N-dealkylation sites (tertiary alicyclic amines) is 1. The van der Waals surface area contributed by atoms with Gasteiger partial charge in [-0.15, -0.1) is 0 Å². The SMILES string of the molecule is O=C(COCC1CC1)N1C[C@H](c2nc(C3CC3)n[nH]2)[C@@H](C2CC2)C1. The Kier molecular flexibility index (Phi) is 3.61. The molecule has 0 bridgehead atoms. The Labute approximate surface area is 142 Å². The molecule has 3 aliphatic carbocycles. The number of nitrogens with one attached hydrogen (secondary N) is 1. The lowest BCUT2D eigenvalue weighted by Crippen LogP contribution is -2.32. The molecule has 4 aliphatic rings. The van der Waals surface area contributed by atoms with E-state index in [9.17, 15) is 4.79 Å². The smallest absolute Gasteiger partial charge is 0.248 e. The van der Waals surface area contributed by atoms with Gasteiger partial charge in [0.25, 0.3) is 0 Å². The van der Waals surface area contributed by atoms with Crippen LogP contribution in [0.1, 0.15) is 62.0 Å². The van der Waals surface area contributed by atoms with E-state index >= 15 is 0 Å². The summed E-state index contributed by atoms with van der Waals surface area (Å²) in [6, 6.07) is 0. The molecule has 1 aromatic heterocycles. The van der Waals surface area contributed by atoms with Gasteiger partial charge in [0, 0.05) is 24.9 Å². The van der Waals surface area contributed by atoms with Crippen molar-refractivity contribution >= 4 is 5.91 Å². The van der Waals surface area contributed by atoms with Gasteiger partial charge in [-0.2, -0.15) is 5.10 Å². The molecule has 5 rings (SSSR count). The topological polar surface area (TPSA) is 71.1 Å². The molecule has 0 aromatic carbocycles. The fourth-order valence-electron chi connectivity index (χ4n) is 3.99. The number of aromatic nitrogens is 3. The number of amides is 1. The molecule has 6 heteroatoms. The first-order valence-corrected chi connectivity index (χ1v) is 9.55. The second-order valence-corrected chi connectivity index (χ2v) is 8.22. The van der Waals surface area contributed by atoms with Crippen LogP contribution in [0.15, 0.2) is 0 Å². The lowest BCUT2D eigenvalue weighted by Gasteiger charge is -2.16. The molecule has 0 spiro atoms. The minimum absolute atomic E-state index is 0.144. The van der Waals surface area contributed by atoms with Gasteiger partial charge in [0.1, 0.15) is 12.4 Å². The molecule has 0 unspecified atom stereocenters. The van der Waals surface area contributed by atoms with Gasteiger partial charge in [-0.05, 0) is 56.3 Å². The van der Waals surface area contributed by atoms with Crippen LogP contribution in [0.2, 0.25) is 0 Å². The zero-order valence-corrected chi connectivity index (χ0v) is 14.1. The molecule has 2 heterocycles. The van der Waals surface area contributed by atoms with Crippen molar-refractivity contribution in [2.75, 3.05) is 26.3 Å². The Morgan fingerprint density at radius 3 is 2.71 bits per heavy atom. The van der Waals surface area contributed by atoms with Crippen LogP contribution >= 0.6 is 0 Å². The van der Waals surface area contributed by atoms with Crippen LogP contribution in [0.25, 0.3) is 0 Å². The first-order valence-electron chi connectivity index (χ1n) is 9.55. The van der Waals surface area contributed by atoms with Gasteiger partial charge >= 0.3 is 0 Å². The molecule has 4 fully saturated rings. The van der Waals surface area contributed by atoms with Gasteiger partial charge < -0.3 is 9.64 Å². The molecule has 1 amide bonds. The Morgan fingerprint density at radius 2 is 2.00 bits per heavy atom. The Morgan fingerprint density at radius 1 is 1.17 bits per heavy atom. The van der Waals surface area contributed by atoms with E-state index < -0.39 is 0 Å². The predicted octanol–water partition coefficient (Wildman–Crippen LogP) is 2.06. The normalized spacial score (nSPS) is 30.1. The van der Waals surface area contributed by atoms with Crippen molar-refractivity contribution in [1.82, 2.24) is 20.1 Å². The molecule has 6 nitrogen and oxygen atoms in total. The maximum Gasteiger partial charge on any atom is 0.248 e. The Balaban J connectivity index is 1.24. The molecule has 24 heavy (non-hydrogen) atoms. The standard InChI is InChI=1S/C18H26N4O2/c23-16(10-24-9-11-1-2-11)22-7-14(12-3-4-12)15(8-22)18-19-17(20-21-18)13-5-6-13/h11-15H,1-10H2,(H,19,20,21)/t14-,15+/m1/s1. The number of H-pyrrole nitrogens is 1. The Bertz CT molecular complexity index is 618. The molecular weight excluding hydrogens is 304 g/mol. The number of hydrogen-bond acceptors (Lipinski definition) is 4. The van der Waals surface area contributed by atoms with E-state index in [1.54, 1.807) is 0 Å². The van der Waals surface area contributed by atoms with Crippen LogP contribution in [-0.2, 0) is 9.53 Å². The molecule has 1 aliphatic heterocycles. The third-order valence-electron chi connectivity index (χ3n) is 6.04. The van der Waals surface area contributed by atoms with Gasteiger partial charge in [0.15, 0.2) is 5.82 Å². The van der Waals surface area contributed by atoms with Crippen LogP contribution in [0.4, 0.5) is 0 Å². The second kappa shape index (κ2) is 5.83. The van der Waals surface area contributed by atoms with Crippen LogP contribution in [0, 0.1) is 17.8 Å². The summed E-state index contributed by atoms with van der Waals surface area (Å²) in [4.78, 5) is 19.3. The average Bonchev–Trinajstić information content (AvgIpc) is 3.47. The molecule has 1 aromatic rings. The summed E-state index contributed by atoms with van der Waals surface area (Å²) in [6.45, 7) is 2.62. The first-order chi connectivity index (χ1) is 11.8. The predicted molar refractivity (Wildman–Crippen MR) is 87.4 cm³/mol. The second-order valence-electron chi connectivity index (χ2n) is 8.22. The van der Waals surface area contributed by atoms with Crippen molar-refractivity contribution in [3.05, 3.63) is 11.6 Å². The van der Waals surface area contributed by atoms with Gasteiger partial charge in [0.2, 0.25) is 5.91 Å². The largest absolute Gasteiger partial charge is 0.371 e. The summed E-state index contributed by atoms with van der Waals surface area (Å²) in [5, 5.41) is 7.60. The third-order valence-corrected chi connectivity index (χ3v) is 6.04. The summed E-state index contributed by atoms with van der Waals surface area (Å²) in [5.41, 5.74) is 0. The molecule has 1 saturated heterocycles. The molecule has 3 saturated carbocycles. The van der Waals surface area contributed by atoms with E-state index in [0.29, 0.717) is 23.7 Å². The summed E-state index contributed by atoms with van der Waals surface area (Å²) < 4.78 is 5.60. The van der Waals surface area contributed by atoms with Gasteiger partial charge in [-0.25, -0.2) is 4.98 Å². The highest BCUT2D eigenvalue weighted by Crippen LogP contribution is 2.47. The quantitative estimate of drug-likeness (QED) is 0.831. The van der Waals surface area contributed by atoms with Crippen molar-refractivity contribution in [1.29, 1.82) is 0 Å². The fraction of sp³-hybridized carbons (Fsp3) is 0.833. The number of nitrogens with zero attached hydrogens (tertiary/aromatic N) is 3. The van der Waals surface area contributed by atoms with Crippen molar-refractivity contribution in [3.8, 4) is 0 Å². The van der Waals surface area contributed by atoms with E-state index in [0.717, 1.165) is 37.3 Å². The van der Waals surface area contributed by atoms with Crippen LogP contribution in [0.5, 0.6) is 0 Å². The third kappa shape index (κ3) is 3.08. The van der Waals surface area contributed by atoms with E-state index in [4.69, 9.17) is 9.72 Å². The van der Waals surface area contributed by atoms with Crippen molar-refractivity contribution in [2.45, 2.75) is 50.4 Å². The number of aromatic amines is 1. The zero-order valence-electron chi connectivity index (χ0n) is 14.1. The van der Waals surface area contributed by atoms with Gasteiger partial charge in [0.05, 0.1) is 6.61 Å². The average molecular weight is 330 g/mol. The van der Waals surface area contributed by atoms with E-state index in [2.05, 4.69) is 10.2 Å². The first kappa shape index (κ1) is 14.9. The maximum atomic E-state index is 12.5. The molecule has 130 valence electrons. The summed E-state index contributed by atoms with van der Waals surface area (Å²) in [7, 11) is 0. The van der Waals surface area contributed by atoms with Crippen molar-refractivity contribution in [2.24, 2.45) is 17.8 Å². The number of carbonyl (C=O) groups excluding carboxylic acids is 1. The van der Waals surface area contributed by atoms with Crippen LogP contribution < -0.4 is 0 Å². The van der Waals surface area contributed by atoms with Crippen molar-refractivity contribution in [3.63, 3.8) is 0 Å². The van der Waals surface area contributed by atoms with Crippen LogP contribution in [-0.4, -0.2) is 52.3 Å². The number of ether oxygens (including phenoxy) is 1. The lowest BCUT2D eigenvalue weighted by molar-refractivity contribution is -0.135. The zero-order chi connectivity index (χ0) is 16.1. The Hall–Kier alpha value is -1.43. The highest BCUT2D eigenvalue weighted by atomic mass is 16.5.